The Labute approximate surface area is 126 Å². The van der Waals surface area contributed by atoms with Gasteiger partial charge in [-0.25, -0.2) is 8.42 Å². The minimum absolute atomic E-state index is 0.0473. The first-order valence-electron chi connectivity index (χ1n) is 7.27. The summed E-state index contributed by atoms with van der Waals surface area (Å²) in [4.78, 5) is 12.3. The average molecular weight is 310 g/mol. The van der Waals surface area contributed by atoms with Crippen molar-refractivity contribution in [2.75, 3.05) is 23.4 Å². The Morgan fingerprint density at radius 2 is 1.95 bits per heavy atom. The van der Waals surface area contributed by atoms with Gasteiger partial charge in [0, 0.05) is 23.8 Å². The number of amides is 1. The zero-order valence-corrected chi connectivity index (χ0v) is 13.3. The van der Waals surface area contributed by atoms with E-state index in [4.69, 9.17) is 0 Å². The molecule has 0 aromatic heterocycles. The van der Waals surface area contributed by atoms with E-state index >= 15 is 0 Å². The maximum Gasteiger partial charge on any atom is 0.251 e. The molecule has 1 amide bonds. The molecule has 1 aromatic carbocycles. The number of rotatable bonds is 4. The van der Waals surface area contributed by atoms with E-state index in [1.165, 1.54) is 0 Å². The van der Waals surface area contributed by atoms with Gasteiger partial charge in [-0.1, -0.05) is 0 Å². The minimum atomic E-state index is -2.90. The molecule has 0 radical (unpaired) electrons. The summed E-state index contributed by atoms with van der Waals surface area (Å²) in [6.07, 6.45) is 1.01. The number of aryl methyl sites for hydroxylation is 1. The Morgan fingerprint density at radius 3 is 2.52 bits per heavy atom. The van der Waals surface area contributed by atoms with Crippen molar-refractivity contribution in [3.8, 4) is 0 Å². The first-order chi connectivity index (χ1) is 9.91. The molecule has 1 saturated heterocycles. The lowest BCUT2D eigenvalue weighted by molar-refractivity contribution is 0.0933. The molecule has 1 heterocycles. The molecule has 6 heteroatoms. The van der Waals surface area contributed by atoms with E-state index in [0.717, 1.165) is 17.8 Å². The van der Waals surface area contributed by atoms with Gasteiger partial charge in [-0.3, -0.25) is 4.79 Å². The molecule has 2 rings (SSSR count). The van der Waals surface area contributed by atoms with Gasteiger partial charge in [0.2, 0.25) is 0 Å². The number of sulfone groups is 1. The van der Waals surface area contributed by atoms with Gasteiger partial charge in [-0.15, -0.1) is 0 Å². The van der Waals surface area contributed by atoms with Crippen LogP contribution in [-0.2, 0) is 9.84 Å². The van der Waals surface area contributed by atoms with Gasteiger partial charge in [0.1, 0.15) is 9.84 Å². The van der Waals surface area contributed by atoms with Gasteiger partial charge in [0.15, 0.2) is 0 Å². The second-order valence-corrected chi connectivity index (χ2v) is 7.76. The van der Waals surface area contributed by atoms with E-state index in [-0.39, 0.29) is 23.5 Å². The maximum atomic E-state index is 12.3. The Hall–Kier alpha value is -1.56. The molecule has 5 nitrogen and oxygen atoms in total. The normalized spacial score (nSPS) is 18.2. The van der Waals surface area contributed by atoms with Crippen LogP contribution in [-0.4, -0.2) is 38.4 Å². The molecular weight excluding hydrogens is 288 g/mol. The number of hydrogen-bond donors (Lipinski definition) is 2. The lowest BCUT2D eigenvalue weighted by Gasteiger charge is -2.23. The first kappa shape index (κ1) is 15.8. The molecule has 1 fully saturated rings. The van der Waals surface area contributed by atoms with Crippen molar-refractivity contribution in [1.82, 2.24) is 5.32 Å². The summed E-state index contributed by atoms with van der Waals surface area (Å²) in [5.74, 6) is 0.201. The summed E-state index contributed by atoms with van der Waals surface area (Å²) >= 11 is 0. The maximum absolute atomic E-state index is 12.3. The van der Waals surface area contributed by atoms with Crippen LogP contribution in [0.5, 0.6) is 0 Å². The Bertz CT molecular complexity index is 612. The topological polar surface area (TPSA) is 75.3 Å². The molecule has 0 saturated carbocycles. The Kier molecular flexibility index (Phi) is 4.88. The fourth-order valence-electron chi connectivity index (χ4n) is 2.53. The summed E-state index contributed by atoms with van der Waals surface area (Å²) in [7, 11) is -2.90. The molecule has 0 atom stereocenters. The highest BCUT2D eigenvalue weighted by atomic mass is 32.2. The van der Waals surface area contributed by atoms with E-state index < -0.39 is 9.84 Å². The third kappa shape index (κ3) is 4.20. The van der Waals surface area contributed by atoms with E-state index in [2.05, 4.69) is 10.6 Å². The van der Waals surface area contributed by atoms with Crippen LogP contribution in [0, 0.1) is 6.92 Å². The zero-order valence-electron chi connectivity index (χ0n) is 12.5. The molecule has 0 spiro atoms. The molecule has 1 aliphatic heterocycles. The average Bonchev–Trinajstić information content (AvgIpc) is 2.41. The number of anilines is 1. The van der Waals surface area contributed by atoms with Gasteiger partial charge in [0.25, 0.3) is 5.91 Å². The van der Waals surface area contributed by atoms with Crippen molar-refractivity contribution in [3.63, 3.8) is 0 Å². The van der Waals surface area contributed by atoms with Crippen LogP contribution in [0.1, 0.15) is 35.7 Å². The molecule has 2 N–H and O–H groups in total. The first-order valence-corrected chi connectivity index (χ1v) is 9.09. The molecule has 1 aliphatic rings. The van der Waals surface area contributed by atoms with Crippen molar-refractivity contribution in [3.05, 3.63) is 29.3 Å². The molecule has 0 aliphatic carbocycles. The lowest BCUT2D eigenvalue weighted by atomic mass is 10.1. The molecule has 1 aromatic rings. The fraction of sp³-hybridized carbons (Fsp3) is 0.533. The van der Waals surface area contributed by atoms with Crippen LogP contribution in [0.25, 0.3) is 0 Å². The van der Waals surface area contributed by atoms with E-state index in [0.29, 0.717) is 18.4 Å². The number of carbonyl (C=O) groups is 1. The summed E-state index contributed by atoms with van der Waals surface area (Å²) in [6, 6.07) is 5.59. The SMILES string of the molecule is CCNc1ccc(C(=O)NC2CCS(=O)(=O)CC2)c(C)c1. The number of carbonyl (C=O) groups excluding carboxylic acids is 1. The summed E-state index contributed by atoms with van der Waals surface area (Å²) < 4.78 is 22.8. The monoisotopic (exact) mass is 310 g/mol. The van der Waals surface area contributed by atoms with Crippen LogP contribution in [0.15, 0.2) is 18.2 Å². The second-order valence-electron chi connectivity index (χ2n) is 5.46. The van der Waals surface area contributed by atoms with Crippen LogP contribution in [0.3, 0.4) is 0 Å². The molecule has 0 unspecified atom stereocenters. The zero-order chi connectivity index (χ0) is 15.5. The third-order valence-corrected chi connectivity index (χ3v) is 5.46. The number of benzene rings is 1. The lowest BCUT2D eigenvalue weighted by Crippen LogP contribution is -2.41. The van der Waals surface area contributed by atoms with Gasteiger partial charge in [-0.05, 0) is 50.5 Å². The standard InChI is InChI=1S/C15H22N2O3S/c1-3-16-13-4-5-14(11(2)10-13)15(18)17-12-6-8-21(19,20)9-7-12/h4-5,10,12,16H,3,6-9H2,1-2H3,(H,17,18). The Morgan fingerprint density at radius 1 is 1.29 bits per heavy atom. The highest BCUT2D eigenvalue weighted by Crippen LogP contribution is 2.17. The quantitative estimate of drug-likeness (QED) is 0.888. The van der Waals surface area contributed by atoms with Gasteiger partial charge >= 0.3 is 0 Å². The van der Waals surface area contributed by atoms with E-state index in [9.17, 15) is 13.2 Å². The van der Waals surface area contributed by atoms with Crippen LogP contribution in [0.2, 0.25) is 0 Å². The number of nitrogens with one attached hydrogen (secondary N) is 2. The van der Waals surface area contributed by atoms with Gasteiger partial charge in [-0.2, -0.15) is 0 Å². The van der Waals surface area contributed by atoms with Crippen molar-refractivity contribution in [1.29, 1.82) is 0 Å². The molecule has 116 valence electrons. The van der Waals surface area contributed by atoms with Crippen LogP contribution >= 0.6 is 0 Å². The predicted molar refractivity (Wildman–Crippen MR) is 84.5 cm³/mol. The summed E-state index contributed by atoms with van der Waals surface area (Å²) in [6.45, 7) is 4.76. The molecular formula is C15H22N2O3S. The van der Waals surface area contributed by atoms with Crippen LogP contribution in [0.4, 0.5) is 5.69 Å². The van der Waals surface area contributed by atoms with Gasteiger partial charge in [0.05, 0.1) is 11.5 Å². The van der Waals surface area contributed by atoms with Crippen molar-refractivity contribution in [2.45, 2.75) is 32.7 Å². The molecule has 0 bridgehead atoms. The fourth-order valence-corrected chi connectivity index (χ4v) is 4.02. The largest absolute Gasteiger partial charge is 0.385 e. The molecule has 21 heavy (non-hydrogen) atoms. The van der Waals surface area contributed by atoms with Gasteiger partial charge < -0.3 is 10.6 Å². The summed E-state index contributed by atoms with van der Waals surface area (Å²) in [5.41, 5.74) is 2.55. The van der Waals surface area contributed by atoms with Crippen molar-refractivity contribution >= 4 is 21.4 Å². The highest BCUT2D eigenvalue weighted by molar-refractivity contribution is 7.91. The number of hydrogen-bond acceptors (Lipinski definition) is 4. The van der Waals surface area contributed by atoms with E-state index in [1.807, 2.05) is 32.0 Å². The minimum Gasteiger partial charge on any atom is -0.385 e. The van der Waals surface area contributed by atoms with E-state index in [1.54, 1.807) is 0 Å². The smallest absolute Gasteiger partial charge is 0.251 e. The van der Waals surface area contributed by atoms with Crippen LogP contribution < -0.4 is 10.6 Å². The third-order valence-electron chi connectivity index (χ3n) is 3.74. The van der Waals surface area contributed by atoms with Crippen molar-refractivity contribution < 1.29 is 13.2 Å². The summed E-state index contributed by atoms with van der Waals surface area (Å²) in [5, 5.41) is 6.15. The van der Waals surface area contributed by atoms with Crippen molar-refractivity contribution in [2.24, 2.45) is 0 Å². The Balaban J connectivity index is 2.00. The highest BCUT2D eigenvalue weighted by Gasteiger charge is 2.25. The second kappa shape index (κ2) is 6.47. The predicted octanol–water partition coefficient (Wildman–Crippen LogP) is 1.73.